The normalized spacial score (nSPS) is 11.8. The fourth-order valence-electron chi connectivity index (χ4n) is 1.92. The second-order valence-corrected chi connectivity index (χ2v) is 4.26. The molecule has 0 N–H and O–H groups in total. The van der Waals surface area contributed by atoms with Crippen LogP contribution in [0.2, 0.25) is 0 Å². The van der Waals surface area contributed by atoms with Crippen LogP contribution in [0.25, 0.3) is 11.1 Å². The van der Waals surface area contributed by atoms with Crippen LogP contribution in [0.3, 0.4) is 0 Å². The van der Waals surface area contributed by atoms with Crippen LogP contribution < -0.4 is 0 Å². The van der Waals surface area contributed by atoms with Gasteiger partial charge in [-0.1, -0.05) is 24.3 Å². The summed E-state index contributed by atoms with van der Waals surface area (Å²) in [7, 11) is 0. The number of ether oxygens (including phenoxy) is 1. The van der Waals surface area contributed by atoms with E-state index < -0.39 is 0 Å². The van der Waals surface area contributed by atoms with E-state index in [0.29, 0.717) is 12.3 Å². The number of hydrogen-bond acceptors (Lipinski definition) is 3. The second kappa shape index (κ2) is 6.12. The lowest BCUT2D eigenvalue weighted by Crippen LogP contribution is -1.98. The van der Waals surface area contributed by atoms with E-state index in [0.717, 1.165) is 16.7 Å². The predicted molar refractivity (Wildman–Crippen MR) is 74.4 cm³/mol. The molecule has 1 atom stereocenters. The second-order valence-electron chi connectivity index (χ2n) is 4.26. The molecule has 1 heterocycles. The molecular weight excluding hydrogens is 236 g/mol. The first-order valence-corrected chi connectivity index (χ1v) is 6.32. The highest BCUT2D eigenvalue weighted by Gasteiger charge is 2.05. The van der Waals surface area contributed by atoms with E-state index in [2.05, 4.69) is 17.1 Å². The van der Waals surface area contributed by atoms with Crippen molar-refractivity contribution in [1.82, 2.24) is 4.98 Å². The summed E-state index contributed by atoms with van der Waals surface area (Å²) >= 11 is 0. The monoisotopic (exact) mass is 252 g/mol. The molecular formula is C16H16N2O. The molecule has 96 valence electrons. The first kappa shape index (κ1) is 13.3. The van der Waals surface area contributed by atoms with Crippen molar-refractivity contribution >= 4 is 0 Å². The van der Waals surface area contributed by atoms with Crippen LogP contribution in [-0.2, 0) is 4.74 Å². The zero-order valence-electron chi connectivity index (χ0n) is 11.1. The van der Waals surface area contributed by atoms with Gasteiger partial charge in [-0.3, -0.25) is 0 Å². The Balaban J connectivity index is 2.20. The molecule has 1 unspecified atom stereocenters. The van der Waals surface area contributed by atoms with Gasteiger partial charge < -0.3 is 4.74 Å². The standard InChI is InChI=1S/C16H16N2O/c1-3-19-12(2)13-4-6-14(7-5-13)15-8-9-16(10-17)18-11-15/h4-9,11-12H,3H2,1-2H3. The molecule has 2 aromatic rings. The molecule has 0 aliphatic carbocycles. The summed E-state index contributed by atoms with van der Waals surface area (Å²) in [6.07, 6.45) is 1.83. The van der Waals surface area contributed by atoms with Gasteiger partial charge in [0, 0.05) is 18.4 Å². The largest absolute Gasteiger partial charge is 0.374 e. The summed E-state index contributed by atoms with van der Waals surface area (Å²) in [6, 6.07) is 13.9. The number of rotatable bonds is 4. The predicted octanol–water partition coefficient (Wildman–Crippen LogP) is 3.72. The van der Waals surface area contributed by atoms with Crippen LogP contribution >= 0.6 is 0 Å². The minimum atomic E-state index is 0.109. The zero-order valence-corrected chi connectivity index (χ0v) is 11.1. The molecule has 0 amide bonds. The average Bonchev–Trinajstić information content (AvgIpc) is 2.48. The fourth-order valence-corrected chi connectivity index (χ4v) is 1.92. The number of hydrogen-bond donors (Lipinski definition) is 0. The number of aromatic nitrogens is 1. The number of nitriles is 1. The highest BCUT2D eigenvalue weighted by Crippen LogP contribution is 2.22. The van der Waals surface area contributed by atoms with Gasteiger partial charge in [-0.2, -0.15) is 5.26 Å². The van der Waals surface area contributed by atoms with Crippen molar-refractivity contribution in [3.05, 3.63) is 53.9 Å². The Kier molecular flexibility index (Phi) is 4.27. The maximum Gasteiger partial charge on any atom is 0.140 e. The van der Waals surface area contributed by atoms with Crippen LogP contribution in [-0.4, -0.2) is 11.6 Å². The van der Waals surface area contributed by atoms with E-state index in [1.165, 1.54) is 0 Å². The van der Waals surface area contributed by atoms with E-state index in [1.807, 2.05) is 38.1 Å². The summed E-state index contributed by atoms with van der Waals surface area (Å²) in [6.45, 7) is 4.75. The highest BCUT2D eigenvalue weighted by molar-refractivity contribution is 5.63. The Morgan fingerprint density at radius 2 is 1.84 bits per heavy atom. The molecule has 0 saturated heterocycles. The smallest absolute Gasteiger partial charge is 0.140 e. The number of benzene rings is 1. The van der Waals surface area contributed by atoms with E-state index in [4.69, 9.17) is 10.00 Å². The summed E-state index contributed by atoms with van der Waals surface area (Å²) < 4.78 is 5.56. The molecule has 0 fully saturated rings. The van der Waals surface area contributed by atoms with Crippen LogP contribution in [0.5, 0.6) is 0 Å². The van der Waals surface area contributed by atoms with Gasteiger partial charge in [0.2, 0.25) is 0 Å². The Labute approximate surface area is 113 Å². The third kappa shape index (κ3) is 3.18. The van der Waals surface area contributed by atoms with Gasteiger partial charge in [-0.05, 0) is 37.1 Å². The lowest BCUT2D eigenvalue weighted by Gasteiger charge is -2.12. The third-order valence-corrected chi connectivity index (χ3v) is 3.01. The van der Waals surface area contributed by atoms with E-state index in [-0.39, 0.29) is 6.10 Å². The number of pyridine rings is 1. The molecule has 2 rings (SSSR count). The Morgan fingerprint density at radius 3 is 2.37 bits per heavy atom. The van der Waals surface area contributed by atoms with E-state index in [9.17, 15) is 0 Å². The molecule has 0 aliphatic rings. The van der Waals surface area contributed by atoms with Crippen LogP contribution in [0.1, 0.15) is 31.2 Å². The molecule has 0 bridgehead atoms. The fraction of sp³-hybridized carbons (Fsp3) is 0.250. The topological polar surface area (TPSA) is 45.9 Å². The molecule has 0 radical (unpaired) electrons. The lowest BCUT2D eigenvalue weighted by atomic mass is 10.0. The first-order valence-electron chi connectivity index (χ1n) is 6.32. The lowest BCUT2D eigenvalue weighted by molar-refractivity contribution is 0.0764. The summed E-state index contributed by atoms with van der Waals surface area (Å²) in [4.78, 5) is 4.07. The first-order chi connectivity index (χ1) is 9.24. The zero-order chi connectivity index (χ0) is 13.7. The van der Waals surface area contributed by atoms with Crippen molar-refractivity contribution in [3.8, 4) is 17.2 Å². The van der Waals surface area contributed by atoms with Gasteiger partial charge in [0.15, 0.2) is 0 Å². The van der Waals surface area contributed by atoms with Gasteiger partial charge in [-0.25, -0.2) is 4.98 Å². The molecule has 0 aliphatic heterocycles. The maximum absolute atomic E-state index is 8.72. The van der Waals surface area contributed by atoms with E-state index in [1.54, 1.807) is 12.3 Å². The van der Waals surface area contributed by atoms with Crippen LogP contribution in [0, 0.1) is 11.3 Å². The quantitative estimate of drug-likeness (QED) is 0.833. The molecule has 1 aromatic carbocycles. The Bertz CT molecular complexity index is 567. The van der Waals surface area contributed by atoms with Gasteiger partial charge in [0.05, 0.1) is 6.10 Å². The number of nitrogens with zero attached hydrogens (tertiary/aromatic N) is 2. The highest BCUT2D eigenvalue weighted by atomic mass is 16.5. The van der Waals surface area contributed by atoms with Crippen molar-refractivity contribution in [2.24, 2.45) is 0 Å². The average molecular weight is 252 g/mol. The summed E-state index contributed by atoms with van der Waals surface area (Å²) in [5, 5.41) is 8.72. The van der Waals surface area contributed by atoms with Crippen molar-refractivity contribution in [2.45, 2.75) is 20.0 Å². The van der Waals surface area contributed by atoms with Gasteiger partial charge in [0.1, 0.15) is 11.8 Å². The van der Waals surface area contributed by atoms with Gasteiger partial charge >= 0.3 is 0 Å². The van der Waals surface area contributed by atoms with Gasteiger partial charge in [0.25, 0.3) is 0 Å². The molecule has 1 aromatic heterocycles. The molecule has 3 nitrogen and oxygen atoms in total. The molecule has 0 spiro atoms. The van der Waals surface area contributed by atoms with Crippen LogP contribution in [0.15, 0.2) is 42.6 Å². The molecule has 19 heavy (non-hydrogen) atoms. The summed E-state index contributed by atoms with van der Waals surface area (Å²) in [5.74, 6) is 0. The molecule has 0 saturated carbocycles. The van der Waals surface area contributed by atoms with Gasteiger partial charge in [-0.15, -0.1) is 0 Å². The van der Waals surface area contributed by atoms with Crippen molar-refractivity contribution in [3.63, 3.8) is 0 Å². The van der Waals surface area contributed by atoms with Crippen molar-refractivity contribution in [2.75, 3.05) is 6.61 Å². The summed E-state index contributed by atoms with van der Waals surface area (Å²) in [5.41, 5.74) is 3.69. The SMILES string of the molecule is CCOC(C)c1ccc(-c2ccc(C#N)nc2)cc1. The van der Waals surface area contributed by atoms with E-state index >= 15 is 0 Å². The molecule has 3 heteroatoms. The van der Waals surface area contributed by atoms with Crippen LogP contribution in [0.4, 0.5) is 0 Å². The minimum Gasteiger partial charge on any atom is -0.374 e. The van der Waals surface area contributed by atoms with Crippen molar-refractivity contribution < 1.29 is 4.74 Å². The maximum atomic E-state index is 8.72. The van der Waals surface area contributed by atoms with Crippen molar-refractivity contribution in [1.29, 1.82) is 5.26 Å². The third-order valence-electron chi connectivity index (χ3n) is 3.01. The minimum absolute atomic E-state index is 0.109. The Hall–Kier alpha value is -2.18. The Morgan fingerprint density at radius 1 is 1.16 bits per heavy atom.